The van der Waals surface area contributed by atoms with E-state index in [1.807, 2.05) is 0 Å². The number of aliphatic hydroxyl groups excluding tert-OH is 1. The molecule has 4 nitrogen and oxygen atoms in total. The highest BCUT2D eigenvalue weighted by Crippen LogP contribution is 2.75. The van der Waals surface area contributed by atoms with E-state index in [9.17, 15) is 14.7 Å². The van der Waals surface area contributed by atoms with Gasteiger partial charge < -0.3 is 9.84 Å². The van der Waals surface area contributed by atoms with Crippen molar-refractivity contribution in [2.75, 3.05) is 7.11 Å². The summed E-state index contributed by atoms with van der Waals surface area (Å²) in [7, 11) is 1.50. The van der Waals surface area contributed by atoms with E-state index in [4.69, 9.17) is 4.74 Å². The van der Waals surface area contributed by atoms with Crippen molar-refractivity contribution in [2.24, 2.45) is 50.2 Å². The minimum absolute atomic E-state index is 0.00536. The number of allylic oxidation sites excluding steroid dienone is 2. The van der Waals surface area contributed by atoms with Gasteiger partial charge in [0.05, 0.1) is 18.6 Å². The molecule has 35 heavy (non-hydrogen) atoms. The lowest BCUT2D eigenvalue weighted by molar-refractivity contribution is -0.202. The van der Waals surface area contributed by atoms with E-state index in [0.29, 0.717) is 11.7 Å². The molecule has 0 bridgehead atoms. The van der Waals surface area contributed by atoms with Crippen molar-refractivity contribution < 1.29 is 19.4 Å². The molecule has 3 unspecified atom stereocenters. The van der Waals surface area contributed by atoms with Crippen molar-refractivity contribution in [3.05, 3.63) is 11.6 Å². The minimum Gasteiger partial charge on any atom is -0.469 e. The summed E-state index contributed by atoms with van der Waals surface area (Å²) < 4.78 is 5.25. The number of methoxy groups -OCH3 is 1. The fraction of sp³-hybridized carbons (Fsp3) is 0.871. The van der Waals surface area contributed by atoms with Crippen LogP contribution < -0.4 is 0 Å². The number of aliphatic hydroxyl groups is 1. The van der Waals surface area contributed by atoms with E-state index < -0.39 is 5.41 Å². The van der Waals surface area contributed by atoms with Gasteiger partial charge in [0.25, 0.3) is 0 Å². The van der Waals surface area contributed by atoms with Crippen molar-refractivity contribution in [1.29, 1.82) is 0 Å². The summed E-state index contributed by atoms with van der Waals surface area (Å²) in [6.07, 6.45) is 10.5. The average Bonchev–Trinajstić information content (AvgIpc) is 2.78. The first-order valence-corrected chi connectivity index (χ1v) is 14.1. The maximum absolute atomic E-state index is 14.3. The van der Waals surface area contributed by atoms with Crippen LogP contribution in [0.1, 0.15) is 106 Å². The van der Waals surface area contributed by atoms with Gasteiger partial charge in [-0.2, -0.15) is 0 Å². The quantitative estimate of drug-likeness (QED) is 0.431. The summed E-state index contributed by atoms with van der Waals surface area (Å²) in [5.41, 5.74) is 0.590. The van der Waals surface area contributed by atoms with Gasteiger partial charge in [-0.25, -0.2) is 0 Å². The van der Waals surface area contributed by atoms with Crippen molar-refractivity contribution >= 4 is 11.8 Å². The predicted molar refractivity (Wildman–Crippen MR) is 137 cm³/mol. The van der Waals surface area contributed by atoms with Crippen LogP contribution in [0.25, 0.3) is 0 Å². The zero-order valence-corrected chi connectivity index (χ0v) is 23.4. The molecule has 0 saturated heterocycles. The highest BCUT2D eigenvalue weighted by atomic mass is 16.5. The van der Waals surface area contributed by atoms with Crippen molar-refractivity contribution in [1.82, 2.24) is 0 Å². The van der Waals surface area contributed by atoms with E-state index in [2.05, 4.69) is 54.5 Å². The van der Waals surface area contributed by atoms with Gasteiger partial charge in [-0.3, -0.25) is 9.59 Å². The SMILES string of the molecule is COC(=O)[C@@]1(C)CC[C@]2(C)CC[C@]3(C)C(=CC(=O)C4[C@@]5(C)CCC(O)C(C)(C)C5CC[C@]43C)[C@H]2C1. The molecule has 0 aromatic rings. The molecule has 0 heterocycles. The second-order valence-electron chi connectivity index (χ2n) is 15.1. The summed E-state index contributed by atoms with van der Waals surface area (Å²) in [5, 5.41) is 10.9. The largest absolute Gasteiger partial charge is 0.469 e. The van der Waals surface area contributed by atoms with Crippen LogP contribution in [0.2, 0.25) is 0 Å². The van der Waals surface area contributed by atoms with Crippen LogP contribution >= 0.6 is 0 Å². The highest BCUT2D eigenvalue weighted by molar-refractivity contribution is 5.95. The molecule has 0 aromatic heterocycles. The zero-order valence-electron chi connectivity index (χ0n) is 23.4. The molecule has 0 amide bonds. The van der Waals surface area contributed by atoms with Gasteiger partial charge in [0, 0.05) is 5.92 Å². The van der Waals surface area contributed by atoms with Crippen LogP contribution in [0, 0.1) is 50.2 Å². The number of ketones is 1. The molecule has 4 heteroatoms. The molecule has 196 valence electrons. The fourth-order valence-electron chi connectivity index (χ4n) is 10.6. The van der Waals surface area contributed by atoms with Crippen LogP contribution in [-0.4, -0.2) is 30.1 Å². The van der Waals surface area contributed by atoms with Crippen molar-refractivity contribution in [2.45, 2.75) is 112 Å². The van der Waals surface area contributed by atoms with E-state index in [0.717, 1.165) is 57.8 Å². The third kappa shape index (κ3) is 3.07. The molecule has 1 N–H and O–H groups in total. The molecular formula is C31H48O4. The van der Waals surface area contributed by atoms with Crippen LogP contribution in [0.15, 0.2) is 11.6 Å². The lowest BCUT2D eigenvalue weighted by Gasteiger charge is -2.70. The molecule has 0 aromatic carbocycles. The number of rotatable bonds is 1. The smallest absolute Gasteiger partial charge is 0.311 e. The number of ether oxygens (including phenoxy) is 1. The van der Waals surface area contributed by atoms with E-state index in [-0.39, 0.29) is 51.0 Å². The summed E-state index contributed by atoms with van der Waals surface area (Å²) in [5.74, 6) is 0.805. The predicted octanol–water partition coefficient (Wildman–Crippen LogP) is 6.50. The molecule has 0 spiro atoms. The van der Waals surface area contributed by atoms with Gasteiger partial charge in [-0.15, -0.1) is 0 Å². The molecule has 4 saturated carbocycles. The van der Waals surface area contributed by atoms with Gasteiger partial charge in [-0.1, -0.05) is 47.1 Å². The topological polar surface area (TPSA) is 63.6 Å². The Morgan fingerprint density at radius 3 is 2.26 bits per heavy atom. The molecule has 9 atom stereocenters. The van der Waals surface area contributed by atoms with Gasteiger partial charge in [0.2, 0.25) is 0 Å². The standard InChI is InChI=1S/C31H48O4/c1-26(2)22-9-12-31(7)24(29(22,5)11-10-23(26)33)21(32)17-19-20-18-28(4,25(34)35-8)14-13-27(20,3)15-16-30(19,31)6/h17,20,22-24,33H,9-16,18H2,1-8H3/t20-,22?,23?,24?,27-,28+,29+,30-,31-/m1/s1. The van der Waals surface area contributed by atoms with Gasteiger partial charge in [-0.05, 0) is 110 Å². The Bertz CT molecular complexity index is 980. The fourth-order valence-corrected chi connectivity index (χ4v) is 10.6. The minimum atomic E-state index is -0.480. The van der Waals surface area contributed by atoms with Gasteiger partial charge >= 0.3 is 5.97 Å². The second-order valence-corrected chi connectivity index (χ2v) is 15.1. The van der Waals surface area contributed by atoms with Crippen LogP contribution in [-0.2, 0) is 14.3 Å². The number of fused-ring (bicyclic) bond motifs is 7. The summed E-state index contributed by atoms with van der Waals surface area (Å²) >= 11 is 0. The summed E-state index contributed by atoms with van der Waals surface area (Å²) in [6.45, 7) is 16.2. The third-order valence-electron chi connectivity index (χ3n) is 13.2. The maximum Gasteiger partial charge on any atom is 0.311 e. The normalized spacial score (nSPS) is 52.8. The lowest BCUT2D eigenvalue weighted by atomic mass is 9.33. The number of esters is 1. The molecule has 5 rings (SSSR count). The second kappa shape index (κ2) is 7.45. The molecule has 0 aliphatic heterocycles. The van der Waals surface area contributed by atoms with Gasteiger partial charge in [0.15, 0.2) is 5.78 Å². The maximum atomic E-state index is 14.3. The molecule has 5 aliphatic carbocycles. The molecule has 0 radical (unpaired) electrons. The first-order chi connectivity index (χ1) is 16.1. The number of hydrogen-bond donors (Lipinski definition) is 1. The van der Waals surface area contributed by atoms with Crippen LogP contribution in [0.3, 0.4) is 0 Å². The van der Waals surface area contributed by atoms with Gasteiger partial charge in [0.1, 0.15) is 0 Å². The Labute approximate surface area is 212 Å². The molecule has 4 fully saturated rings. The lowest BCUT2D eigenvalue weighted by Crippen LogP contribution is -2.66. The van der Waals surface area contributed by atoms with E-state index in [1.54, 1.807) is 0 Å². The Morgan fingerprint density at radius 2 is 1.60 bits per heavy atom. The van der Waals surface area contributed by atoms with Crippen molar-refractivity contribution in [3.8, 4) is 0 Å². The zero-order chi connectivity index (χ0) is 25.8. The monoisotopic (exact) mass is 484 g/mol. The summed E-state index contributed by atoms with van der Waals surface area (Å²) in [4.78, 5) is 27.1. The third-order valence-corrected chi connectivity index (χ3v) is 13.2. The highest BCUT2D eigenvalue weighted by Gasteiger charge is 2.70. The number of hydrogen-bond acceptors (Lipinski definition) is 4. The average molecular weight is 485 g/mol. The van der Waals surface area contributed by atoms with Crippen LogP contribution in [0.5, 0.6) is 0 Å². The Balaban J connectivity index is 1.61. The Kier molecular flexibility index (Phi) is 5.43. The van der Waals surface area contributed by atoms with E-state index >= 15 is 0 Å². The molecule has 5 aliphatic rings. The Hall–Kier alpha value is -1.16. The summed E-state index contributed by atoms with van der Waals surface area (Å²) in [6, 6.07) is 0. The Morgan fingerprint density at radius 1 is 0.943 bits per heavy atom. The first-order valence-electron chi connectivity index (χ1n) is 14.1. The first kappa shape index (κ1) is 25.5. The molecular weight excluding hydrogens is 436 g/mol. The van der Waals surface area contributed by atoms with Crippen molar-refractivity contribution in [3.63, 3.8) is 0 Å². The van der Waals surface area contributed by atoms with E-state index in [1.165, 1.54) is 12.7 Å². The number of carbonyl (C=O) groups excluding carboxylic acids is 2. The van der Waals surface area contributed by atoms with Crippen LogP contribution in [0.4, 0.5) is 0 Å². The number of carbonyl (C=O) groups is 2.